The van der Waals surface area contributed by atoms with Crippen molar-refractivity contribution < 1.29 is 14.3 Å². The van der Waals surface area contributed by atoms with Crippen molar-refractivity contribution in [3.8, 4) is 17.6 Å². The van der Waals surface area contributed by atoms with Gasteiger partial charge in [-0.05, 0) is 37.8 Å². The summed E-state index contributed by atoms with van der Waals surface area (Å²) in [7, 11) is 0. The van der Waals surface area contributed by atoms with E-state index < -0.39 is 5.97 Å². The molecular weight excluding hydrogens is 240 g/mol. The molecule has 0 aliphatic heterocycles. The van der Waals surface area contributed by atoms with E-state index in [-0.39, 0.29) is 0 Å². The fraction of sp³-hybridized carbons (Fsp3) is 0.250. The van der Waals surface area contributed by atoms with Gasteiger partial charge in [0.15, 0.2) is 0 Å². The molecule has 0 aromatic heterocycles. The van der Waals surface area contributed by atoms with E-state index in [1.165, 1.54) is 0 Å². The number of allylic oxidation sites excluding steroid dienone is 2. The molecule has 1 aliphatic carbocycles. The van der Waals surface area contributed by atoms with Gasteiger partial charge < -0.3 is 4.74 Å². The van der Waals surface area contributed by atoms with E-state index in [0.29, 0.717) is 11.3 Å². The van der Waals surface area contributed by atoms with Crippen LogP contribution in [0.5, 0.6) is 5.75 Å². The fourth-order valence-corrected chi connectivity index (χ4v) is 1.95. The summed E-state index contributed by atoms with van der Waals surface area (Å²) >= 11 is 0. The van der Waals surface area contributed by atoms with Gasteiger partial charge in [-0.3, -0.25) is 4.79 Å². The third-order valence-corrected chi connectivity index (χ3v) is 2.92. The zero-order valence-corrected chi connectivity index (χ0v) is 10.5. The van der Waals surface area contributed by atoms with Gasteiger partial charge in [0.25, 0.3) is 0 Å². The molecule has 0 unspecified atom stereocenters. The Morgan fingerprint density at radius 2 is 1.89 bits per heavy atom. The second kappa shape index (κ2) is 6.55. The van der Waals surface area contributed by atoms with Gasteiger partial charge in [-0.15, -0.1) is 0 Å². The lowest BCUT2D eigenvalue weighted by Crippen LogP contribution is -2.05. The van der Waals surface area contributed by atoms with Crippen molar-refractivity contribution in [2.75, 3.05) is 0 Å². The van der Waals surface area contributed by atoms with Crippen LogP contribution in [0.25, 0.3) is 0 Å². The third-order valence-electron chi connectivity index (χ3n) is 2.92. The van der Waals surface area contributed by atoms with Gasteiger partial charge in [-0.2, -0.15) is 0 Å². The number of benzene rings is 1. The van der Waals surface area contributed by atoms with Crippen LogP contribution in [-0.4, -0.2) is 12.3 Å². The first kappa shape index (κ1) is 13.1. The topological polar surface area (TPSA) is 43.4 Å². The standard InChI is InChI=1S/C16H14O3/c17-12-14-7-5-4-6-13(14)10-11-16(18)19-15-8-2-1-3-9-15/h1-3,8-9,12H,4-7H2. The predicted molar refractivity (Wildman–Crippen MR) is 71.4 cm³/mol. The maximum Gasteiger partial charge on any atom is 0.390 e. The van der Waals surface area contributed by atoms with Crippen molar-refractivity contribution in [3.63, 3.8) is 0 Å². The van der Waals surface area contributed by atoms with Crippen LogP contribution >= 0.6 is 0 Å². The molecule has 0 amide bonds. The summed E-state index contributed by atoms with van der Waals surface area (Å²) in [6.07, 6.45) is 4.37. The molecule has 0 fully saturated rings. The van der Waals surface area contributed by atoms with Gasteiger partial charge in [0.05, 0.1) is 0 Å². The average Bonchev–Trinajstić information content (AvgIpc) is 2.46. The first-order valence-corrected chi connectivity index (χ1v) is 6.25. The minimum absolute atomic E-state index is 0.468. The highest BCUT2D eigenvalue weighted by Gasteiger charge is 2.10. The Morgan fingerprint density at radius 3 is 2.63 bits per heavy atom. The van der Waals surface area contributed by atoms with Crippen molar-refractivity contribution in [1.29, 1.82) is 0 Å². The van der Waals surface area contributed by atoms with Gasteiger partial charge >= 0.3 is 5.97 Å². The molecule has 2 rings (SSSR count). The number of ether oxygens (including phenoxy) is 1. The van der Waals surface area contributed by atoms with E-state index >= 15 is 0 Å². The van der Waals surface area contributed by atoms with Crippen LogP contribution in [0.2, 0.25) is 0 Å². The third kappa shape index (κ3) is 3.82. The van der Waals surface area contributed by atoms with Crippen molar-refractivity contribution in [1.82, 2.24) is 0 Å². The lowest BCUT2D eigenvalue weighted by Gasteiger charge is -2.11. The molecular formula is C16H14O3. The van der Waals surface area contributed by atoms with Crippen molar-refractivity contribution in [2.24, 2.45) is 0 Å². The van der Waals surface area contributed by atoms with Gasteiger partial charge in [0.2, 0.25) is 0 Å². The molecule has 96 valence electrons. The fourth-order valence-electron chi connectivity index (χ4n) is 1.95. The number of rotatable bonds is 2. The Morgan fingerprint density at radius 1 is 1.16 bits per heavy atom. The van der Waals surface area contributed by atoms with Gasteiger partial charge in [-0.1, -0.05) is 24.1 Å². The Balaban J connectivity index is 2.05. The summed E-state index contributed by atoms with van der Waals surface area (Å²) in [4.78, 5) is 22.4. The molecule has 0 saturated carbocycles. The van der Waals surface area contributed by atoms with Crippen LogP contribution in [0.4, 0.5) is 0 Å². The SMILES string of the molecule is O=CC1=C(C#CC(=O)Oc2ccccc2)CCCC1. The zero-order valence-electron chi connectivity index (χ0n) is 10.5. The number of hydrogen-bond donors (Lipinski definition) is 0. The Hall–Kier alpha value is -2.34. The Bertz CT molecular complexity index is 559. The first-order chi connectivity index (χ1) is 9.29. The summed E-state index contributed by atoms with van der Waals surface area (Å²) in [5.74, 6) is 5.07. The number of carbonyl (C=O) groups is 2. The number of para-hydroxylation sites is 1. The molecule has 3 nitrogen and oxygen atoms in total. The molecule has 0 atom stereocenters. The van der Waals surface area contributed by atoms with Gasteiger partial charge in [-0.25, -0.2) is 4.79 Å². The molecule has 0 radical (unpaired) electrons. The molecule has 0 saturated heterocycles. The first-order valence-electron chi connectivity index (χ1n) is 6.25. The summed E-state index contributed by atoms with van der Waals surface area (Å²) < 4.78 is 5.05. The van der Waals surface area contributed by atoms with E-state index in [4.69, 9.17) is 4.74 Å². The molecule has 1 aromatic carbocycles. The van der Waals surface area contributed by atoms with Gasteiger partial charge in [0.1, 0.15) is 12.0 Å². The molecule has 0 spiro atoms. The highest BCUT2D eigenvalue weighted by atomic mass is 16.5. The van der Waals surface area contributed by atoms with E-state index in [0.717, 1.165) is 37.5 Å². The predicted octanol–water partition coefficient (Wildman–Crippen LogP) is 2.66. The number of hydrogen-bond acceptors (Lipinski definition) is 3. The smallest absolute Gasteiger partial charge is 0.390 e. The monoisotopic (exact) mass is 254 g/mol. The number of carbonyl (C=O) groups excluding carboxylic acids is 2. The summed E-state index contributed by atoms with van der Waals surface area (Å²) in [6, 6.07) is 8.78. The lowest BCUT2D eigenvalue weighted by molar-refractivity contribution is -0.128. The average molecular weight is 254 g/mol. The lowest BCUT2D eigenvalue weighted by atomic mass is 9.93. The highest BCUT2D eigenvalue weighted by molar-refractivity contribution is 5.91. The second-order valence-electron chi connectivity index (χ2n) is 4.28. The molecule has 19 heavy (non-hydrogen) atoms. The Kier molecular flexibility index (Phi) is 4.52. The highest BCUT2D eigenvalue weighted by Crippen LogP contribution is 2.22. The van der Waals surface area contributed by atoms with Gasteiger partial charge in [0, 0.05) is 17.1 Å². The van der Waals surface area contributed by atoms with Crippen LogP contribution in [-0.2, 0) is 9.59 Å². The maximum absolute atomic E-state index is 11.5. The summed E-state index contributed by atoms with van der Waals surface area (Å²) in [6.45, 7) is 0. The van der Waals surface area contributed by atoms with Crippen molar-refractivity contribution in [2.45, 2.75) is 25.7 Å². The Labute approximate surface area is 112 Å². The van der Waals surface area contributed by atoms with Crippen LogP contribution in [0.3, 0.4) is 0 Å². The molecule has 0 bridgehead atoms. The van der Waals surface area contributed by atoms with Crippen LogP contribution in [0.1, 0.15) is 25.7 Å². The van der Waals surface area contributed by atoms with Crippen LogP contribution < -0.4 is 4.74 Å². The molecule has 1 aliphatic rings. The molecule has 0 N–H and O–H groups in total. The minimum Gasteiger partial charge on any atom is -0.417 e. The maximum atomic E-state index is 11.5. The quantitative estimate of drug-likeness (QED) is 0.268. The van der Waals surface area contributed by atoms with Crippen molar-refractivity contribution >= 4 is 12.3 Å². The second-order valence-corrected chi connectivity index (χ2v) is 4.28. The van der Waals surface area contributed by atoms with E-state index in [1.807, 2.05) is 6.07 Å². The largest absolute Gasteiger partial charge is 0.417 e. The van der Waals surface area contributed by atoms with Crippen molar-refractivity contribution in [3.05, 3.63) is 41.5 Å². The molecule has 1 aromatic rings. The van der Waals surface area contributed by atoms with Crippen LogP contribution in [0.15, 0.2) is 41.5 Å². The number of esters is 1. The summed E-state index contributed by atoms with van der Waals surface area (Å²) in [5.41, 5.74) is 1.48. The normalized spacial score (nSPS) is 14.3. The van der Waals surface area contributed by atoms with E-state index in [2.05, 4.69) is 11.8 Å². The van der Waals surface area contributed by atoms with Crippen LogP contribution in [0, 0.1) is 11.8 Å². The van der Waals surface area contributed by atoms with E-state index in [1.54, 1.807) is 24.3 Å². The molecule has 0 heterocycles. The van der Waals surface area contributed by atoms with E-state index in [9.17, 15) is 9.59 Å². The molecule has 3 heteroatoms. The number of aldehydes is 1. The zero-order chi connectivity index (χ0) is 13.5. The summed E-state index contributed by atoms with van der Waals surface area (Å²) in [5, 5.41) is 0. The minimum atomic E-state index is -0.602.